The number of para-hydroxylation sites is 1. The highest BCUT2D eigenvalue weighted by Crippen LogP contribution is 2.16. The average molecular weight is 320 g/mol. The number of aliphatic carboxylic acids is 1. The van der Waals surface area contributed by atoms with Gasteiger partial charge < -0.3 is 10.4 Å². The average Bonchev–Trinajstić information content (AvgIpc) is 2.61. The molecule has 0 saturated carbocycles. The summed E-state index contributed by atoms with van der Waals surface area (Å²) >= 11 is 0. The molecule has 0 spiro atoms. The van der Waals surface area contributed by atoms with Gasteiger partial charge in [-0.15, -0.1) is 0 Å². The van der Waals surface area contributed by atoms with Gasteiger partial charge in [-0.05, 0) is 17.7 Å². The second-order valence-corrected chi connectivity index (χ2v) is 5.43. The van der Waals surface area contributed by atoms with Crippen LogP contribution in [-0.2, 0) is 11.2 Å². The summed E-state index contributed by atoms with van der Waals surface area (Å²) in [4.78, 5) is 28.3. The summed E-state index contributed by atoms with van der Waals surface area (Å²) in [5.74, 6) is -1.51. The van der Waals surface area contributed by atoms with Gasteiger partial charge in [-0.1, -0.05) is 48.5 Å². The van der Waals surface area contributed by atoms with Crippen molar-refractivity contribution in [3.05, 3.63) is 78.0 Å². The molecule has 3 aromatic rings. The van der Waals surface area contributed by atoms with Crippen molar-refractivity contribution in [3.8, 4) is 0 Å². The number of benzene rings is 2. The predicted molar refractivity (Wildman–Crippen MR) is 90.8 cm³/mol. The standard InChI is InChI=1S/C19H16N2O3/c22-18(15-10-4-8-14-9-5-11-20-17(14)15)21-16(19(23)24)12-13-6-2-1-3-7-13/h1-11,16H,12H2,(H,21,22)(H,23,24)/t16-/m0/s1. The fourth-order valence-corrected chi connectivity index (χ4v) is 2.57. The third-order valence-corrected chi connectivity index (χ3v) is 3.76. The van der Waals surface area contributed by atoms with E-state index in [1.807, 2.05) is 42.5 Å². The molecule has 24 heavy (non-hydrogen) atoms. The molecule has 3 rings (SSSR count). The van der Waals surface area contributed by atoms with Crippen LogP contribution in [0.1, 0.15) is 15.9 Å². The van der Waals surface area contributed by atoms with Crippen molar-refractivity contribution in [2.24, 2.45) is 0 Å². The van der Waals surface area contributed by atoms with E-state index in [1.54, 1.807) is 24.4 Å². The highest BCUT2D eigenvalue weighted by atomic mass is 16.4. The van der Waals surface area contributed by atoms with E-state index < -0.39 is 17.9 Å². The van der Waals surface area contributed by atoms with E-state index in [0.29, 0.717) is 11.1 Å². The maximum atomic E-state index is 12.5. The summed E-state index contributed by atoms with van der Waals surface area (Å²) in [5.41, 5.74) is 1.77. The summed E-state index contributed by atoms with van der Waals surface area (Å²) in [5, 5.41) is 12.8. The Bertz CT molecular complexity index is 873. The molecule has 0 fully saturated rings. The van der Waals surface area contributed by atoms with Crippen LogP contribution in [0.3, 0.4) is 0 Å². The second-order valence-electron chi connectivity index (χ2n) is 5.43. The largest absolute Gasteiger partial charge is 0.480 e. The minimum atomic E-state index is -1.07. The van der Waals surface area contributed by atoms with Crippen LogP contribution < -0.4 is 5.32 Å². The molecule has 0 aliphatic rings. The number of carboxylic acids is 1. The molecule has 1 amide bonds. The van der Waals surface area contributed by atoms with E-state index in [2.05, 4.69) is 10.3 Å². The number of hydrogen-bond acceptors (Lipinski definition) is 3. The number of carboxylic acid groups (broad SMARTS) is 1. The number of pyridine rings is 1. The van der Waals surface area contributed by atoms with Crippen LogP contribution in [0.25, 0.3) is 10.9 Å². The first-order chi connectivity index (χ1) is 11.6. The number of fused-ring (bicyclic) bond motifs is 1. The molecule has 0 aliphatic carbocycles. The third kappa shape index (κ3) is 3.41. The molecule has 120 valence electrons. The molecule has 1 atom stereocenters. The number of nitrogens with zero attached hydrogens (tertiary/aromatic N) is 1. The molecule has 0 bridgehead atoms. The number of rotatable bonds is 5. The zero-order chi connectivity index (χ0) is 16.9. The number of carbonyl (C=O) groups excluding carboxylic acids is 1. The van der Waals surface area contributed by atoms with Crippen molar-refractivity contribution < 1.29 is 14.7 Å². The predicted octanol–water partition coefficient (Wildman–Crippen LogP) is 2.66. The number of hydrogen-bond donors (Lipinski definition) is 2. The van der Waals surface area contributed by atoms with E-state index in [1.165, 1.54) is 0 Å². The molecule has 1 aromatic heterocycles. The van der Waals surface area contributed by atoms with Crippen molar-refractivity contribution in [1.29, 1.82) is 0 Å². The Hall–Kier alpha value is -3.21. The lowest BCUT2D eigenvalue weighted by Gasteiger charge is -2.15. The van der Waals surface area contributed by atoms with E-state index >= 15 is 0 Å². The molecule has 5 heteroatoms. The molecule has 0 aliphatic heterocycles. The van der Waals surface area contributed by atoms with Gasteiger partial charge in [0, 0.05) is 18.0 Å². The van der Waals surface area contributed by atoms with Crippen molar-refractivity contribution in [2.75, 3.05) is 0 Å². The summed E-state index contributed by atoms with van der Waals surface area (Å²) in [7, 11) is 0. The van der Waals surface area contributed by atoms with Crippen molar-refractivity contribution in [2.45, 2.75) is 12.5 Å². The van der Waals surface area contributed by atoms with Gasteiger partial charge >= 0.3 is 5.97 Å². The first kappa shape index (κ1) is 15.7. The van der Waals surface area contributed by atoms with Gasteiger partial charge in [-0.25, -0.2) is 4.79 Å². The second kappa shape index (κ2) is 6.91. The smallest absolute Gasteiger partial charge is 0.326 e. The van der Waals surface area contributed by atoms with Gasteiger partial charge in [0.15, 0.2) is 0 Å². The molecule has 2 N–H and O–H groups in total. The number of aromatic nitrogens is 1. The Morgan fingerprint density at radius 2 is 1.75 bits per heavy atom. The van der Waals surface area contributed by atoms with Crippen LogP contribution in [0.4, 0.5) is 0 Å². The first-order valence-electron chi connectivity index (χ1n) is 7.56. The van der Waals surface area contributed by atoms with E-state index in [0.717, 1.165) is 10.9 Å². The minimum absolute atomic E-state index is 0.222. The van der Waals surface area contributed by atoms with Gasteiger partial charge in [0.25, 0.3) is 5.91 Å². The van der Waals surface area contributed by atoms with Crippen LogP contribution in [0.5, 0.6) is 0 Å². The summed E-state index contributed by atoms with van der Waals surface area (Å²) in [6.07, 6.45) is 1.83. The Labute approximate surface area is 139 Å². The number of nitrogens with one attached hydrogen (secondary N) is 1. The van der Waals surface area contributed by atoms with Crippen molar-refractivity contribution >= 4 is 22.8 Å². The Balaban J connectivity index is 1.84. The molecule has 1 heterocycles. The fraction of sp³-hybridized carbons (Fsp3) is 0.105. The SMILES string of the molecule is O=C(N[C@@H](Cc1ccccc1)C(=O)O)c1cccc2cccnc12. The molecule has 2 aromatic carbocycles. The van der Waals surface area contributed by atoms with Crippen LogP contribution >= 0.6 is 0 Å². The topological polar surface area (TPSA) is 79.3 Å². The van der Waals surface area contributed by atoms with Gasteiger partial charge in [0.2, 0.25) is 0 Å². The van der Waals surface area contributed by atoms with Crippen molar-refractivity contribution in [3.63, 3.8) is 0 Å². The normalized spacial score (nSPS) is 11.8. The Kier molecular flexibility index (Phi) is 4.52. The van der Waals surface area contributed by atoms with Crippen LogP contribution in [0, 0.1) is 0 Å². The summed E-state index contributed by atoms with van der Waals surface area (Å²) in [6, 6.07) is 17.1. The van der Waals surface area contributed by atoms with Gasteiger partial charge in [0.05, 0.1) is 11.1 Å². The number of carbonyl (C=O) groups is 2. The Morgan fingerprint density at radius 1 is 1.00 bits per heavy atom. The molecular weight excluding hydrogens is 304 g/mol. The molecule has 0 radical (unpaired) electrons. The van der Waals surface area contributed by atoms with E-state index in [9.17, 15) is 14.7 Å². The number of amides is 1. The monoisotopic (exact) mass is 320 g/mol. The lowest BCUT2D eigenvalue weighted by molar-refractivity contribution is -0.139. The highest BCUT2D eigenvalue weighted by molar-refractivity contribution is 6.06. The Morgan fingerprint density at radius 3 is 2.50 bits per heavy atom. The maximum Gasteiger partial charge on any atom is 0.326 e. The van der Waals surface area contributed by atoms with Gasteiger partial charge in [0.1, 0.15) is 6.04 Å². The molecule has 0 unspecified atom stereocenters. The summed E-state index contributed by atoms with van der Waals surface area (Å²) < 4.78 is 0. The van der Waals surface area contributed by atoms with Crippen LogP contribution in [-0.4, -0.2) is 28.0 Å². The van der Waals surface area contributed by atoms with Gasteiger partial charge in [-0.3, -0.25) is 9.78 Å². The minimum Gasteiger partial charge on any atom is -0.480 e. The fourth-order valence-electron chi connectivity index (χ4n) is 2.57. The zero-order valence-electron chi connectivity index (χ0n) is 12.8. The third-order valence-electron chi connectivity index (χ3n) is 3.76. The summed E-state index contributed by atoms with van der Waals surface area (Å²) in [6.45, 7) is 0. The zero-order valence-corrected chi connectivity index (χ0v) is 12.8. The van der Waals surface area contributed by atoms with E-state index in [4.69, 9.17) is 0 Å². The first-order valence-corrected chi connectivity index (χ1v) is 7.56. The van der Waals surface area contributed by atoms with Crippen LogP contribution in [0.15, 0.2) is 66.9 Å². The molecule has 5 nitrogen and oxygen atoms in total. The molecular formula is C19H16N2O3. The van der Waals surface area contributed by atoms with Crippen LogP contribution in [0.2, 0.25) is 0 Å². The maximum absolute atomic E-state index is 12.5. The lowest BCUT2D eigenvalue weighted by atomic mass is 10.0. The highest BCUT2D eigenvalue weighted by Gasteiger charge is 2.22. The van der Waals surface area contributed by atoms with E-state index in [-0.39, 0.29) is 6.42 Å². The quantitative estimate of drug-likeness (QED) is 0.757. The lowest BCUT2D eigenvalue weighted by Crippen LogP contribution is -2.42. The van der Waals surface area contributed by atoms with Crippen molar-refractivity contribution in [1.82, 2.24) is 10.3 Å². The molecule has 0 saturated heterocycles. The van der Waals surface area contributed by atoms with Gasteiger partial charge in [-0.2, -0.15) is 0 Å².